The van der Waals surface area contributed by atoms with E-state index in [1.54, 1.807) is 28.0 Å². The molecule has 1 unspecified atom stereocenters. The molecule has 2 fully saturated rings. The predicted octanol–water partition coefficient (Wildman–Crippen LogP) is 1.59. The molecule has 1 aliphatic heterocycles. The van der Waals surface area contributed by atoms with Crippen LogP contribution in [0.5, 0.6) is 0 Å². The highest BCUT2D eigenvalue weighted by molar-refractivity contribution is 7.91. The van der Waals surface area contributed by atoms with Gasteiger partial charge in [-0.15, -0.1) is 0 Å². The van der Waals surface area contributed by atoms with Crippen LogP contribution in [-0.4, -0.2) is 98.3 Å². The number of nitrogens with one attached hydrogen (secondary N) is 1. The second-order valence-electron chi connectivity index (χ2n) is 10.1. The Bertz CT molecular complexity index is 840. The number of sulfone groups is 1. The highest BCUT2D eigenvalue weighted by atomic mass is 32.2. The minimum absolute atomic E-state index is 0.0703. The average Bonchev–Trinajstić information content (AvgIpc) is 2.97. The number of urea groups is 1. The van der Waals surface area contributed by atoms with Crippen LogP contribution in [0.1, 0.15) is 58.8 Å². The van der Waals surface area contributed by atoms with Gasteiger partial charge in [-0.2, -0.15) is 0 Å². The van der Waals surface area contributed by atoms with E-state index in [4.69, 9.17) is 14.7 Å². The number of nitrogens with zero attached hydrogens (tertiary/aromatic N) is 2. The topological polar surface area (TPSA) is 143 Å². The Balaban J connectivity index is 1.75. The summed E-state index contributed by atoms with van der Waals surface area (Å²) in [5.41, 5.74) is 0.580. The number of ether oxygens (including phenoxy) is 2. The maximum absolute atomic E-state index is 12.6. The standard InChI is InChI=1S/C23H41N3O8S/c1-23(2)21(28)26(22(29)25(23)3)12-5-7-18(20(27)24-30)16-35(31,32)14-6-13-34-15-17-8-10-19(33-4)11-9-17/h17-19,30H,5-16H2,1-4H3,(H,24,27). The lowest BCUT2D eigenvalue weighted by Gasteiger charge is -2.27. The summed E-state index contributed by atoms with van der Waals surface area (Å²) < 4.78 is 36.2. The van der Waals surface area contributed by atoms with E-state index < -0.39 is 39.0 Å². The molecule has 35 heavy (non-hydrogen) atoms. The molecule has 2 N–H and O–H groups in total. The van der Waals surface area contributed by atoms with E-state index in [0.717, 1.165) is 30.6 Å². The molecule has 0 aromatic carbocycles. The third kappa shape index (κ3) is 8.12. The summed E-state index contributed by atoms with van der Waals surface area (Å²) >= 11 is 0. The van der Waals surface area contributed by atoms with Gasteiger partial charge in [0.2, 0.25) is 5.91 Å². The molecule has 0 aromatic heterocycles. The second kappa shape index (κ2) is 13.0. The van der Waals surface area contributed by atoms with Crippen molar-refractivity contribution >= 4 is 27.7 Å². The quantitative estimate of drug-likeness (QED) is 0.152. The Morgan fingerprint density at radius 2 is 1.86 bits per heavy atom. The number of carbonyl (C=O) groups excluding carboxylic acids is 3. The largest absolute Gasteiger partial charge is 0.381 e. The SMILES string of the molecule is COC1CCC(COCCCS(=O)(=O)CC(CCCN2C(=O)N(C)C(C)(C)C2=O)C(=O)NO)CC1. The van der Waals surface area contributed by atoms with Crippen LogP contribution >= 0.6 is 0 Å². The number of hydrogen-bond donors (Lipinski definition) is 2. The lowest BCUT2D eigenvalue weighted by molar-refractivity contribution is -0.133. The van der Waals surface area contributed by atoms with Gasteiger partial charge in [-0.25, -0.2) is 18.7 Å². The molecule has 202 valence electrons. The van der Waals surface area contributed by atoms with E-state index in [-0.39, 0.29) is 31.0 Å². The molecule has 12 heteroatoms. The van der Waals surface area contributed by atoms with Crippen molar-refractivity contribution in [3.8, 4) is 0 Å². The monoisotopic (exact) mass is 519 g/mol. The third-order valence-corrected chi connectivity index (χ3v) is 9.04. The van der Waals surface area contributed by atoms with Crippen molar-refractivity contribution in [2.75, 3.05) is 45.4 Å². The first-order valence-electron chi connectivity index (χ1n) is 12.3. The summed E-state index contributed by atoms with van der Waals surface area (Å²) in [6.07, 6.45) is 5.10. The van der Waals surface area contributed by atoms with E-state index in [1.165, 1.54) is 10.4 Å². The van der Waals surface area contributed by atoms with E-state index in [9.17, 15) is 22.8 Å². The number of amides is 4. The van der Waals surface area contributed by atoms with Gasteiger partial charge in [0.1, 0.15) is 5.54 Å². The van der Waals surface area contributed by atoms with E-state index >= 15 is 0 Å². The fraction of sp³-hybridized carbons (Fsp3) is 0.870. The molecule has 0 bridgehead atoms. The van der Waals surface area contributed by atoms with Crippen molar-refractivity contribution in [3.63, 3.8) is 0 Å². The molecule has 1 atom stereocenters. The van der Waals surface area contributed by atoms with Crippen molar-refractivity contribution in [2.24, 2.45) is 11.8 Å². The van der Waals surface area contributed by atoms with Crippen LogP contribution in [0.15, 0.2) is 0 Å². The molecular weight excluding hydrogens is 478 g/mol. The van der Waals surface area contributed by atoms with Gasteiger partial charge < -0.3 is 14.4 Å². The summed E-state index contributed by atoms with van der Waals surface area (Å²) in [4.78, 5) is 39.3. The van der Waals surface area contributed by atoms with Crippen LogP contribution in [0.2, 0.25) is 0 Å². The molecule has 1 heterocycles. The van der Waals surface area contributed by atoms with Gasteiger partial charge in [0, 0.05) is 33.9 Å². The number of likely N-dealkylation sites (N-methyl/N-ethyl adjacent to an activating group) is 1. The zero-order valence-corrected chi connectivity index (χ0v) is 22.1. The second-order valence-corrected chi connectivity index (χ2v) is 12.3. The first-order valence-corrected chi connectivity index (χ1v) is 14.1. The number of imide groups is 1. The number of carbonyl (C=O) groups is 3. The van der Waals surface area contributed by atoms with Crippen LogP contribution < -0.4 is 5.48 Å². The van der Waals surface area contributed by atoms with Crippen LogP contribution in [0.25, 0.3) is 0 Å². The molecule has 0 radical (unpaired) electrons. The van der Waals surface area contributed by atoms with Gasteiger partial charge in [-0.3, -0.25) is 19.7 Å². The van der Waals surface area contributed by atoms with Crippen molar-refractivity contribution in [2.45, 2.75) is 70.4 Å². The number of hydrogen-bond acceptors (Lipinski definition) is 8. The Hall–Kier alpha value is -1.76. The molecule has 2 aliphatic rings. The third-order valence-electron chi connectivity index (χ3n) is 7.22. The van der Waals surface area contributed by atoms with Gasteiger partial charge in [0.15, 0.2) is 9.84 Å². The molecule has 0 aromatic rings. The summed E-state index contributed by atoms with van der Waals surface area (Å²) in [6, 6.07) is -0.428. The van der Waals surface area contributed by atoms with Crippen LogP contribution in [0.4, 0.5) is 4.79 Å². The molecular formula is C23H41N3O8S. The summed E-state index contributed by atoms with van der Waals surface area (Å²) in [5, 5.41) is 9.05. The van der Waals surface area contributed by atoms with Crippen molar-refractivity contribution in [1.29, 1.82) is 0 Å². The van der Waals surface area contributed by atoms with Gasteiger partial charge >= 0.3 is 6.03 Å². The number of hydroxylamine groups is 1. The predicted molar refractivity (Wildman–Crippen MR) is 128 cm³/mol. The summed E-state index contributed by atoms with van der Waals surface area (Å²) in [5.74, 6) is -2.20. The van der Waals surface area contributed by atoms with Gasteiger partial charge in [-0.05, 0) is 64.7 Å². The van der Waals surface area contributed by atoms with Crippen molar-refractivity contribution < 1.29 is 37.5 Å². The molecule has 11 nitrogen and oxygen atoms in total. The Morgan fingerprint density at radius 3 is 2.40 bits per heavy atom. The minimum Gasteiger partial charge on any atom is -0.381 e. The Morgan fingerprint density at radius 1 is 1.20 bits per heavy atom. The van der Waals surface area contributed by atoms with Crippen LogP contribution in [0, 0.1) is 11.8 Å². The van der Waals surface area contributed by atoms with Gasteiger partial charge in [0.05, 0.1) is 23.5 Å². The van der Waals surface area contributed by atoms with E-state index in [0.29, 0.717) is 31.7 Å². The lowest BCUT2D eigenvalue weighted by atomic mass is 9.88. The molecule has 1 aliphatic carbocycles. The molecule has 0 spiro atoms. The minimum atomic E-state index is -3.57. The first kappa shape index (κ1) is 29.5. The zero-order valence-electron chi connectivity index (χ0n) is 21.3. The van der Waals surface area contributed by atoms with Gasteiger partial charge in [-0.1, -0.05) is 0 Å². The van der Waals surface area contributed by atoms with E-state index in [2.05, 4.69) is 0 Å². The zero-order chi connectivity index (χ0) is 26.2. The molecule has 1 saturated heterocycles. The highest BCUT2D eigenvalue weighted by Gasteiger charge is 2.48. The fourth-order valence-electron chi connectivity index (χ4n) is 4.61. The Labute approximate surface area is 208 Å². The first-order chi connectivity index (χ1) is 16.4. The number of methoxy groups -OCH3 is 1. The maximum Gasteiger partial charge on any atom is 0.327 e. The van der Waals surface area contributed by atoms with Gasteiger partial charge in [0.25, 0.3) is 5.91 Å². The highest BCUT2D eigenvalue weighted by Crippen LogP contribution is 2.27. The maximum atomic E-state index is 12.6. The molecule has 4 amide bonds. The average molecular weight is 520 g/mol. The smallest absolute Gasteiger partial charge is 0.327 e. The lowest BCUT2D eigenvalue weighted by Crippen LogP contribution is -2.41. The van der Waals surface area contributed by atoms with Crippen molar-refractivity contribution in [1.82, 2.24) is 15.3 Å². The summed E-state index contributed by atoms with van der Waals surface area (Å²) in [6.45, 7) is 4.30. The van der Waals surface area contributed by atoms with Crippen molar-refractivity contribution in [3.05, 3.63) is 0 Å². The summed E-state index contributed by atoms with van der Waals surface area (Å²) in [7, 11) is -0.301. The fourth-order valence-corrected chi connectivity index (χ4v) is 6.27. The van der Waals surface area contributed by atoms with Crippen LogP contribution in [-0.2, 0) is 28.9 Å². The molecule has 1 saturated carbocycles. The number of rotatable bonds is 14. The molecule has 2 rings (SSSR count). The van der Waals surface area contributed by atoms with Crippen LogP contribution in [0.3, 0.4) is 0 Å². The van der Waals surface area contributed by atoms with E-state index in [1.807, 2.05) is 0 Å². The Kier molecular flexibility index (Phi) is 10.9. The normalized spacial score (nSPS) is 23.6.